The van der Waals surface area contributed by atoms with Gasteiger partial charge in [-0.25, -0.2) is 8.78 Å². The highest BCUT2D eigenvalue weighted by molar-refractivity contribution is 9.10. The SMILES string of the molecule is CCCNC(CC1CCCC1)c1c(F)cc(Br)cc1F. The van der Waals surface area contributed by atoms with Crippen LogP contribution >= 0.6 is 15.9 Å². The predicted octanol–water partition coefficient (Wildman–Crippen LogP) is 5.35. The lowest BCUT2D eigenvalue weighted by atomic mass is 9.93. The molecule has 0 heterocycles. The first-order valence-corrected chi connectivity index (χ1v) is 8.29. The van der Waals surface area contributed by atoms with Crippen LogP contribution in [0.4, 0.5) is 8.78 Å². The van der Waals surface area contributed by atoms with Crippen LogP contribution in [-0.4, -0.2) is 6.54 Å². The molecule has 1 aliphatic carbocycles. The van der Waals surface area contributed by atoms with Crippen molar-refractivity contribution in [2.45, 2.75) is 51.5 Å². The smallest absolute Gasteiger partial charge is 0.132 e. The summed E-state index contributed by atoms with van der Waals surface area (Å²) in [7, 11) is 0. The van der Waals surface area contributed by atoms with Gasteiger partial charge in [-0.05, 0) is 37.4 Å². The molecule has 1 unspecified atom stereocenters. The van der Waals surface area contributed by atoms with Gasteiger partial charge >= 0.3 is 0 Å². The van der Waals surface area contributed by atoms with Crippen molar-refractivity contribution in [3.63, 3.8) is 0 Å². The minimum atomic E-state index is -0.455. The van der Waals surface area contributed by atoms with Crippen LogP contribution in [0.25, 0.3) is 0 Å². The Morgan fingerprint density at radius 3 is 2.40 bits per heavy atom. The van der Waals surface area contributed by atoms with Crippen LogP contribution in [0.2, 0.25) is 0 Å². The Morgan fingerprint density at radius 1 is 1.25 bits per heavy atom. The van der Waals surface area contributed by atoms with E-state index in [4.69, 9.17) is 0 Å². The van der Waals surface area contributed by atoms with Crippen LogP contribution in [0, 0.1) is 17.6 Å². The summed E-state index contributed by atoms with van der Waals surface area (Å²) in [4.78, 5) is 0. The number of rotatable bonds is 6. The highest BCUT2D eigenvalue weighted by atomic mass is 79.9. The van der Waals surface area contributed by atoms with E-state index < -0.39 is 11.6 Å². The monoisotopic (exact) mass is 345 g/mol. The van der Waals surface area contributed by atoms with Gasteiger partial charge in [0.25, 0.3) is 0 Å². The van der Waals surface area contributed by atoms with Gasteiger partial charge < -0.3 is 5.32 Å². The van der Waals surface area contributed by atoms with Crippen LogP contribution in [0.5, 0.6) is 0 Å². The average Bonchev–Trinajstić information content (AvgIpc) is 2.87. The van der Waals surface area contributed by atoms with Gasteiger partial charge in [-0.15, -0.1) is 0 Å². The van der Waals surface area contributed by atoms with E-state index in [2.05, 4.69) is 28.2 Å². The average molecular weight is 346 g/mol. The maximum absolute atomic E-state index is 14.2. The fraction of sp³-hybridized carbons (Fsp3) is 0.625. The van der Waals surface area contributed by atoms with Gasteiger partial charge in [0, 0.05) is 16.1 Å². The van der Waals surface area contributed by atoms with Crippen molar-refractivity contribution in [1.82, 2.24) is 5.32 Å². The first-order chi connectivity index (χ1) is 9.61. The summed E-state index contributed by atoms with van der Waals surface area (Å²) >= 11 is 3.14. The Labute approximate surface area is 128 Å². The molecule has 1 fully saturated rings. The Morgan fingerprint density at radius 2 is 1.85 bits per heavy atom. The quantitative estimate of drug-likeness (QED) is 0.732. The minimum Gasteiger partial charge on any atom is -0.310 e. The molecule has 1 aromatic rings. The second kappa shape index (κ2) is 7.51. The van der Waals surface area contributed by atoms with Crippen LogP contribution in [0.3, 0.4) is 0 Å². The van der Waals surface area contributed by atoms with Crippen molar-refractivity contribution < 1.29 is 8.78 Å². The Balaban J connectivity index is 2.20. The Hall–Kier alpha value is -0.480. The molecule has 0 saturated heterocycles. The zero-order valence-corrected chi connectivity index (χ0v) is 13.5. The molecule has 1 aromatic carbocycles. The molecule has 1 N–H and O–H groups in total. The summed E-state index contributed by atoms with van der Waals surface area (Å²) in [6.45, 7) is 2.85. The lowest BCUT2D eigenvalue weighted by molar-refractivity contribution is 0.373. The van der Waals surface area contributed by atoms with E-state index in [1.165, 1.54) is 37.8 Å². The first-order valence-electron chi connectivity index (χ1n) is 7.49. The number of hydrogen-bond donors (Lipinski definition) is 1. The lowest BCUT2D eigenvalue weighted by Crippen LogP contribution is -2.26. The van der Waals surface area contributed by atoms with Gasteiger partial charge in [-0.3, -0.25) is 0 Å². The highest BCUT2D eigenvalue weighted by Crippen LogP contribution is 2.35. The summed E-state index contributed by atoms with van der Waals surface area (Å²) in [5.74, 6) is -0.321. The standard InChI is InChI=1S/C16H22BrF2N/c1-2-7-20-15(8-11-5-3-4-6-11)16-13(18)9-12(17)10-14(16)19/h9-11,15,20H,2-8H2,1H3. The van der Waals surface area contributed by atoms with Crippen molar-refractivity contribution in [2.24, 2.45) is 5.92 Å². The van der Waals surface area contributed by atoms with Crippen molar-refractivity contribution >= 4 is 15.9 Å². The van der Waals surface area contributed by atoms with E-state index in [0.717, 1.165) is 19.4 Å². The summed E-state index contributed by atoms with van der Waals surface area (Å²) in [5, 5.41) is 3.32. The van der Waals surface area contributed by atoms with Gasteiger partial charge in [-0.1, -0.05) is 48.5 Å². The first kappa shape index (κ1) is 15.9. The predicted molar refractivity (Wildman–Crippen MR) is 81.7 cm³/mol. The van der Waals surface area contributed by atoms with E-state index in [1.54, 1.807) is 0 Å². The van der Waals surface area contributed by atoms with Crippen molar-refractivity contribution in [1.29, 1.82) is 0 Å². The second-order valence-corrected chi connectivity index (χ2v) is 6.59. The Kier molecular flexibility index (Phi) is 5.97. The molecule has 1 atom stereocenters. The molecular weight excluding hydrogens is 324 g/mol. The molecule has 1 nitrogen and oxygen atoms in total. The van der Waals surface area contributed by atoms with Gasteiger partial charge in [0.1, 0.15) is 11.6 Å². The van der Waals surface area contributed by atoms with Crippen LogP contribution in [0.1, 0.15) is 57.1 Å². The van der Waals surface area contributed by atoms with E-state index in [0.29, 0.717) is 10.4 Å². The van der Waals surface area contributed by atoms with E-state index in [1.807, 2.05) is 0 Å². The van der Waals surface area contributed by atoms with Gasteiger partial charge in [-0.2, -0.15) is 0 Å². The van der Waals surface area contributed by atoms with Crippen LogP contribution in [0.15, 0.2) is 16.6 Å². The lowest BCUT2D eigenvalue weighted by Gasteiger charge is -2.23. The molecule has 20 heavy (non-hydrogen) atoms. The maximum Gasteiger partial charge on any atom is 0.132 e. The molecule has 4 heteroatoms. The molecule has 1 saturated carbocycles. The molecule has 0 radical (unpaired) electrons. The summed E-state index contributed by atoms with van der Waals surface area (Å²) in [6.07, 6.45) is 6.65. The van der Waals surface area contributed by atoms with Crippen molar-refractivity contribution in [3.8, 4) is 0 Å². The third kappa shape index (κ3) is 4.01. The molecule has 0 amide bonds. The summed E-state index contributed by atoms with van der Waals surface area (Å²) in [6, 6.07) is 2.49. The molecule has 0 aromatic heterocycles. The van der Waals surface area contributed by atoms with Crippen LogP contribution in [-0.2, 0) is 0 Å². The second-order valence-electron chi connectivity index (χ2n) is 5.68. The third-order valence-corrected chi connectivity index (χ3v) is 4.53. The molecule has 112 valence electrons. The largest absolute Gasteiger partial charge is 0.310 e. The van der Waals surface area contributed by atoms with Crippen molar-refractivity contribution in [3.05, 3.63) is 33.8 Å². The maximum atomic E-state index is 14.2. The molecule has 1 aliphatic rings. The number of benzene rings is 1. The third-order valence-electron chi connectivity index (χ3n) is 4.08. The van der Waals surface area contributed by atoms with Gasteiger partial charge in [0.15, 0.2) is 0 Å². The van der Waals surface area contributed by atoms with E-state index in [9.17, 15) is 8.78 Å². The zero-order valence-electron chi connectivity index (χ0n) is 11.9. The van der Waals surface area contributed by atoms with Gasteiger partial charge in [0.2, 0.25) is 0 Å². The topological polar surface area (TPSA) is 12.0 Å². The van der Waals surface area contributed by atoms with Gasteiger partial charge in [0.05, 0.1) is 0 Å². The normalized spacial score (nSPS) is 17.6. The highest BCUT2D eigenvalue weighted by Gasteiger charge is 2.25. The molecule has 2 rings (SSSR count). The number of halogens is 3. The fourth-order valence-corrected chi connectivity index (χ4v) is 3.49. The van der Waals surface area contributed by atoms with Crippen LogP contribution < -0.4 is 5.32 Å². The fourth-order valence-electron chi connectivity index (χ4n) is 3.09. The minimum absolute atomic E-state index is 0.202. The molecule has 0 aliphatic heterocycles. The molecule has 0 bridgehead atoms. The number of hydrogen-bond acceptors (Lipinski definition) is 1. The summed E-state index contributed by atoms with van der Waals surface area (Å²) < 4.78 is 28.8. The molecule has 0 spiro atoms. The van der Waals surface area contributed by atoms with E-state index in [-0.39, 0.29) is 11.6 Å². The zero-order chi connectivity index (χ0) is 14.5. The van der Waals surface area contributed by atoms with E-state index >= 15 is 0 Å². The van der Waals surface area contributed by atoms with Crippen molar-refractivity contribution in [2.75, 3.05) is 6.54 Å². The Bertz CT molecular complexity index is 421. The summed E-state index contributed by atoms with van der Waals surface area (Å²) in [5.41, 5.74) is 0.202. The molecular formula is C16H22BrF2N. The number of nitrogens with one attached hydrogen (secondary N) is 1.